The SMILES string of the molecule is OC1(c2cccc(OCc3ccccc3)c2)CC2CCC(C1)N2Cc1ccccc1. The molecule has 2 fully saturated rings. The summed E-state index contributed by atoms with van der Waals surface area (Å²) < 4.78 is 6.02. The maximum atomic E-state index is 11.6. The van der Waals surface area contributed by atoms with Crippen molar-refractivity contribution in [3.8, 4) is 5.75 Å². The lowest BCUT2D eigenvalue weighted by molar-refractivity contribution is -0.0596. The Balaban J connectivity index is 1.29. The van der Waals surface area contributed by atoms with Crippen LogP contribution in [0.15, 0.2) is 84.9 Å². The summed E-state index contributed by atoms with van der Waals surface area (Å²) in [6.07, 6.45) is 3.92. The lowest BCUT2D eigenvalue weighted by Gasteiger charge is -2.44. The number of nitrogens with zero attached hydrogens (tertiary/aromatic N) is 1. The molecule has 3 aromatic carbocycles. The zero-order valence-corrected chi connectivity index (χ0v) is 17.3. The molecule has 3 nitrogen and oxygen atoms in total. The Morgan fingerprint density at radius 1 is 0.800 bits per heavy atom. The van der Waals surface area contributed by atoms with E-state index in [1.165, 1.54) is 18.4 Å². The third kappa shape index (κ3) is 4.00. The average Bonchev–Trinajstić information content (AvgIpc) is 3.03. The summed E-state index contributed by atoms with van der Waals surface area (Å²) in [5.74, 6) is 0.823. The molecule has 1 N–H and O–H groups in total. The largest absolute Gasteiger partial charge is 0.489 e. The summed E-state index contributed by atoms with van der Waals surface area (Å²) in [4.78, 5) is 2.61. The molecule has 3 heteroatoms. The maximum Gasteiger partial charge on any atom is 0.120 e. The van der Waals surface area contributed by atoms with Crippen LogP contribution in [0.3, 0.4) is 0 Å². The van der Waals surface area contributed by atoms with Gasteiger partial charge in [0.25, 0.3) is 0 Å². The van der Waals surface area contributed by atoms with Crippen LogP contribution in [0.1, 0.15) is 42.4 Å². The first-order valence-electron chi connectivity index (χ1n) is 11.0. The summed E-state index contributed by atoms with van der Waals surface area (Å²) in [6, 6.07) is 29.8. The minimum absolute atomic E-state index is 0.433. The molecule has 2 aliphatic rings. The highest BCUT2D eigenvalue weighted by atomic mass is 16.5. The van der Waals surface area contributed by atoms with E-state index in [2.05, 4.69) is 53.4 Å². The molecule has 0 aromatic heterocycles. The van der Waals surface area contributed by atoms with Gasteiger partial charge in [-0.15, -0.1) is 0 Å². The molecule has 0 saturated carbocycles. The van der Waals surface area contributed by atoms with Crippen molar-refractivity contribution in [1.82, 2.24) is 4.90 Å². The summed E-state index contributed by atoms with van der Waals surface area (Å²) in [5.41, 5.74) is 2.72. The Bertz CT molecular complexity index is 958. The van der Waals surface area contributed by atoms with Crippen molar-refractivity contribution in [2.45, 2.75) is 56.5 Å². The fraction of sp³-hybridized carbons (Fsp3) is 0.333. The van der Waals surface area contributed by atoms with Gasteiger partial charge in [-0.2, -0.15) is 0 Å². The topological polar surface area (TPSA) is 32.7 Å². The third-order valence-electron chi connectivity index (χ3n) is 6.75. The van der Waals surface area contributed by atoms with Gasteiger partial charge in [0.05, 0.1) is 5.60 Å². The van der Waals surface area contributed by atoms with Crippen LogP contribution in [0.5, 0.6) is 5.75 Å². The van der Waals surface area contributed by atoms with Gasteiger partial charge in [-0.1, -0.05) is 72.8 Å². The molecule has 154 valence electrons. The maximum absolute atomic E-state index is 11.6. The number of hydrogen-bond acceptors (Lipinski definition) is 3. The minimum atomic E-state index is -0.773. The molecular formula is C27H29NO2. The van der Waals surface area contributed by atoms with Gasteiger partial charge < -0.3 is 9.84 Å². The zero-order valence-electron chi connectivity index (χ0n) is 17.3. The van der Waals surface area contributed by atoms with E-state index < -0.39 is 5.60 Å². The Morgan fingerprint density at radius 3 is 2.10 bits per heavy atom. The van der Waals surface area contributed by atoms with Crippen molar-refractivity contribution in [3.63, 3.8) is 0 Å². The number of piperidine rings is 1. The molecule has 2 aliphatic heterocycles. The van der Waals surface area contributed by atoms with Crippen LogP contribution in [0.4, 0.5) is 0 Å². The van der Waals surface area contributed by atoms with Crippen molar-refractivity contribution in [2.75, 3.05) is 0 Å². The van der Waals surface area contributed by atoms with E-state index in [9.17, 15) is 5.11 Å². The van der Waals surface area contributed by atoms with Crippen molar-refractivity contribution in [2.24, 2.45) is 0 Å². The molecule has 5 rings (SSSR count). The first-order chi connectivity index (χ1) is 14.7. The van der Waals surface area contributed by atoms with Crippen LogP contribution >= 0.6 is 0 Å². The Labute approximate surface area is 178 Å². The molecule has 2 bridgehead atoms. The van der Waals surface area contributed by atoms with E-state index in [0.29, 0.717) is 18.7 Å². The Kier molecular flexibility index (Phi) is 5.32. The fourth-order valence-electron chi connectivity index (χ4n) is 5.22. The molecule has 0 spiro atoms. The van der Waals surface area contributed by atoms with E-state index in [0.717, 1.165) is 36.3 Å². The monoisotopic (exact) mass is 399 g/mol. The first kappa shape index (κ1) is 19.3. The van der Waals surface area contributed by atoms with Crippen molar-refractivity contribution in [1.29, 1.82) is 0 Å². The molecule has 2 heterocycles. The van der Waals surface area contributed by atoms with Gasteiger partial charge in [0.15, 0.2) is 0 Å². The van der Waals surface area contributed by atoms with Crippen molar-refractivity contribution in [3.05, 3.63) is 102 Å². The lowest BCUT2D eigenvalue weighted by Crippen LogP contribution is -2.49. The van der Waals surface area contributed by atoms with Crippen molar-refractivity contribution < 1.29 is 9.84 Å². The van der Waals surface area contributed by atoms with Crippen LogP contribution in [0.2, 0.25) is 0 Å². The van der Waals surface area contributed by atoms with E-state index in [1.54, 1.807) is 0 Å². The fourth-order valence-corrected chi connectivity index (χ4v) is 5.22. The van der Waals surface area contributed by atoms with Crippen LogP contribution < -0.4 is 4.74 Å². The van der Waals surface area contributed by atoms with Gasteiger partial charge >= 0.3 is 0 Å². The molecule has 2 atom stereocenters. The molecule has 0 aliphatic carbocycles. The summed E-state index contributed by atoms with van der Waals surface area (Å²) in [5, 5.41) is 11.6. The quantitative estimate of drug-likeness (QED) is 0.612. The van der Waals surface area contributed by atoms with Crippen LogP contribution in [0, 0.1) is 0 Å². The standard InChI is InChI=1S/C27H29NO2/c29-27(23-12-7-13-26(16-23)30-20-22-10-5-2-6-11-22)17-24-14-15-25(18-27)28(24)19-21-8-3-1-4-9-21/h1-13,16,24-25,29H,14-15,17-20H2. The molecular weight excluding hydrogens is 370 g/mol. The van der Waals surface area contributed by atoms with Crippen LogP contribution in [-0.2, 0) is 18.8 Å². The molecule has 30 heavy (non-hydrogen) atoms. The van der Waals surface area contributed by atoms with E-state index in [4.69, 9.17) is 4.74 Å². The smallest absolute Gasteiger partial charge is 0.120 e. The van der Waals surface area contributed by atoms with Gasteiger partial charge in [0.2, 0.25) is 0 Å². The normalized spacial score (nSPS) is 25.9. The molecule has 3 aromatic rings. The molecule has 2 unspecified atom stereocenters. The number of ether oxygens (including phenoxy) is 1. The highest BCUT2D eigenvalue weighted by Crippen LogP contribution is 2.46. The minimum Gasteiger partial charge on any atom is -0.489 e. The molecule has 0 radical (unpaired) electrons. The predicted octanol–water partition coefficient (Wildman–Crippen LogP) is 5.28. The lowest BCUT2D eigenvalue weighted by atomic mass is 9.80. The number of hydrogen-bond donors (Lipinski definition) is 1. The summed E-state index contributed by atoms with van der Waals surface area (Å²) in [6.45, 7) is 1.52. The van der Waals surface area contributed by atoms with Gasteiger partial charge in [-0.05, 0) is 54.5 Å². The number of benzene rings is 3. The Morgan fingerprint density at radius 2 is 1.43 bits per heavy atom. The van der Waals surface area contributed by atoms with Gasteiger partial charge in [0, 0.05) is 18.6 Å². The predicted molar refractivity (Wildman–Crippen MR) is 119 cm³/mol. The van der Waals surface area contributed by atoms with E-state index in [-0.39, 0.29) is 0 Å². The van der Waals surface area contributed by atoms with E-state index in [1.807, 2.05) is 36.4 Å². The Hall–Kier alpha value is -2.62. The van der Waals surface area contributed by atoms with E-state index >= 15 is 0 Å². The average molecular weight is 400 g/mol. The summed E-state index contributed by atoms with van der Waals surface area (Å²) in [7, 11) is 0. The van der Waals surface area contributed by atoms with Gasteiger partial charge in [0.1, 0.15) is 12.4 Å². The number of aliphatic hydroxyl groups is 1. The van der Waals surface area contributed by atoms with Crippen LogP contribution in [0.25, 0.3) is 0 Å². The van der Waals surface area contributed by atoms with Gasteiger partial charge in [-0.25, -0.2) is 0 Å². The molecule has 2 saturated heterocycles. The van der Waals surface area contributed by atoms with Crippen LogP contribution in [-0.4, -0.2) is 22.1 Å². The zero-order chi connectivity index (χ0) is 20.4. The summed E-state index contributed by atoms with van der Waals surface area (Å²) >= 11 is 0. The number of rotatable bonds is 6. The molecule has 0 amide bonds. The second-order valence-electron chi connectivity index (χ2n) is 8.78. The second kappa shape index (κ2) is 8.25. The second-order valence-corrected chi connectivity index (χ2v) is 8.78. The first-order valence-corrected chi connectivity index (χ1v) is 11.0. The van der Waals surface area contributed by atoms with Gasteiger partial charge in [-0.3, -0.25) is 4.90 Å². The van der Waals surface area contributed by atoms with Crippen molar-refractivity contribution >= 4 is 0 Å². The number of fused-ring (bicyclic) bond motifs is 2. The highest BCUT2D eigenvalue weighted by molar-refractivity contribution is 5.34. The highest BCUT2D eigenvalue weighted by Gasteiger charge is 2.48. The third-order valence-corrected chi connectivity index (χ3v) is 6.75.